The lowest BCUT2D eigenvalue weighted by molar-refractivity contribution is -0.139. The number of phenols is 1. The second kappa shape index (κ2) is 6.82. The van der Waals surface area contributed by atoms with Crippen LogP contribution in [0.2, 0.25) is 0 Å². The minimum Gasteiger partial charge on any atom is -0.502 e. The normalized spacial score (nSPS) is 13.3. The van der Waals surface area contributed by atoms with Crippen LogP contribution in [0.4, 0.5) is 22.0 Å². The molecule has 0 fully saturated rings. The Balaban J connectivity index is 2.31. The summed E-state index contributed by atoms with van der Waals surface area (Å²) in [5.74, 6) is -3.62. The first-order chi connectivity index (χ1) is 12.7. The number of benzene rings is 2. The van der Waals surface area contributed by atoms with E-state index in [0.29, 0.717) is 12.1 Å². The molecule has 0 aliphatic carbocycles. The van der Waals surface area contributed by atoms with Gasteiger partial charge >= 0.3 is 6.18 Å². The number of aliphatic imine (C=N–C) groups is 2. The standard InChI is InChI=1S/C18H11F5N2O2/c1-27-17-15(9-2-3-12(19)11(6-9)18(21,22)23)10(7-13(20)16(17)26)8-14-24-4-5-25-14/h2-8,26H,1H3. The van der Waals surface area contributed by atoms with Crippen molar-refractivity contribution in [2.75, 3.05) is 7.11 Å². The molecular weight excluding hydrogens is 371 g/mol. The van der Waals surface area contributed by atoms with E-state index in [1.165, 1.54) is 18.5 Å². The lowest BCUT2D eigenvalue weighted by Gasteiger charge is -2.16. The van der Waals surface area contributed by atoms with Crippen LogP contribution in [0, 0.1) is 11.6 Å². The molecule has 0 aromatic heterocycles. The highest BCUT2D eigenvalue weighted by Gasteiger charge is 2.35. The number of ether oxygens (including phenoxy) is 1. The zero-order valence-corrected chi connectivity index (χ0v) is 13.7. The highest BCUT2D eigenvalue weighted by molar-refractivity contribution is 6.18. The minimum absolute atomic E-state index is 0.0492. The number of hydrogen-bond donors (Lipinski definition) is 1. The van der Waals surface area contributed by atoms with Crippen molar-refractivity contribution in [1.29, 1.82) is 0 Å². The fourth-order valence-electron chi connectivity index (χ4n) is 2.61. The van der Waals surface area contributed by atoms with Crippen molar-refractivity contribution in [3.05, 3.63) is 52.8 Å². The van der Waals surface area contributed by atoms with E-state index >= 15 is 0 Å². The van der Waals surface area contributed by atoms with Crippen LogP contribution in [0.25, 0.3) is 17.2 Å². The maximum atomic E-state index is 14.1. The van der Waals surface area contributed by atoms with Crippen molar-refractivity contribution in [3.8, 4) is 22.6 Å². The molecular formula is C18H11F5N2O2. The molecule has 1 heterocycles. The topological polar surface area (TPSA) is 54.2 Å². The number of aromatic hydroxyl groups is 1. The molecule has 0 unspecified atom stereocenters. The number of hydrogen-bond acceptors (Lipinski definition) is 4. The summed E-state index contributed by atoms with van der Waals surface area (Å²) in [6.07, 6.45) is -0.886. The smallest absolute Gasteiger partial charge is 0.419 e. The lowest BCUT2D eigenvalue weighted by Crippen LogP contribution is -2.08. The summed E-state index contributed by atoms with van der Waals surface area (Å²) in [4.78, 5) is 7.78. The molecule has 0 amide bonds. The van der Waals surface area contributed by atoms with E-state index in [4.69, 9.17) is 4.74 Å². The predicted molar refractivity (Wildman–Crippen MR) is 90.0 cm³/mol. The summed E-state index contributed by atoms with van der Waals surface area (Å²) >= 11 is 0. The van der Waals surface area contributed by atoms with E-state index in [-0.39, 0.29) is 22.5 Å². The Morgan fingerprint density at radius 2 is 1.70 bits per heavy atom. The summed E-state index contributed by atoms with van der Waals surface area (Å²) < 4.78 is 71.9. The molecule has 1 N–H and O–H groups in total. The lowest BCUT2D eigenvalue weighted by atomic mass is 9.95. The third-order valence-electron chi connectivity index (χ3n) is 3.77. The zero-order valence-electron chi connectivity index (χ0n) is 13.7. The van der Waals surface area contributed by atoms with Gasteiger partial charge in [-0.1, -0.05) is 6.07 Å². The van der Waals surface area contributed by atoms with Crippen LogP contribution in [0.5, 0.6) is 11.5 Å². The first-order valence-electron chi connectivity index (χ1n) is 7.47. The maximum absolute atomic E-state index is 14.1. The molecule has 0 saturated carbocycles. The van der Waals surface area contributed by atoms with Crippen molar-refractivity contribution in [2.24, 2.45) is 9.98 Å². The van der Waals surface area contributed by atoms with Crippen molar-refractivity contribution >= 4 is 18.5 Å². The summed E-state index contributed by atoms with van der Waals surface area (Å²) in [5, 5.41) is 9.93. The summed E-state index contributed by atoms with van der Waals surface area (Å²) in [6, 6.07) is 3.18. The number of alkyl halides is 3. The zero-order chi connectivity index (χ0) is 19.8. The van der Waals surface area contributed by atoms with Gasteiger partial charge in [-0.05, 0) is 35.4 Å². The van der Waals surface area contributed by atoms with Gasteiger partial charge in [-0.3, -0.25) is 0 Å². The summed E-state index contributed by atoms with van der Waals surface area (Å²) in [6.45, 7) is 0. The minimum atomic E-state index is -4.94. The van der Waals surface area contributed by atoms with Crippen LogP contribution in [-0.2, 0) is 6.18 Å². The Morgan fingerprint density at radius 3 is 2.30 bits per heavy atom. The molecule has 1 aliphatic rings. The molecule has 140 valence electrons. The van der Waals surface area contributed by atoms with Gasteiger partial charge in [0.05, 0.1) is 12.7 Å². The van der Waals surface area contributed by atoms with E-state index in [0.717, 1.165) is 19.2 Å². The van der Waals surface area contributed by atoms with Crippen molar-refractivity contribution < 1.29 is 31.8 Å². The molecule has 2 aromatic rings. The number of nitrogens with zero attached hydrogens (tertiary/aromatic N) is 2. The fraction of sp³-hybridized carbons (Fsp3) is 0.111. The van der Waals surface area contributed by atoms with Crippen LogP contribution in [-0.4, -0.2) is 24.6 Å². The number of methoxy groups -OCH3 is 1. The number of rotatable bonds is 3. The molecule has 27 heavy (non-hydrogen) atoms. The SMILES string of the molecule is COc1c(O)c(F)cc(C=C2N=CC=N2)c1-c1ccc(F)c(C(F)(F)F)c1. The van der Waals surface area contributed by atoms with Gasteiger partial charge in [0.25, 0.3) is 0 Å². The van der Waals surface area contributed by atoms with Gasteiger partial charge in [0, 0.05) is 18.0 Å². The molecule has 0 bridgehead atoms. The van der Waals surface area contributed by atoms with E-state index < -0.39 is 34.9 Å². The highest BCUT2D eigenvalue weighted by atomic mass is 19.4. The molecule has 4 nitrogen and oxygen atoms in total. The van der Waals surface area contributed by atoms with Gasteiger partial charge < -0.3 is 9.84 Å². The van der Waals surface area contributed by atoms with Gasteiger partial charge in [0.2, 0.25) is 0 Å². The van der Waals surface area contributed by atoms with E-state index in [1.54, 1.807) is 0 Å². The van der Waals surface area contributed by atoms with Crippen molar-refractivity contribution in [3.63, 3.8) is 0 Å². The molecule has 9 heteroatoms. The molecule has 0 saturated heterocycles. The van der Waals surface area contributed by atoms with Crippen LogP contribution in [0.3, 0.4) is 0 Å². The third-order valence-corrected chi connectivity index (χ3v) is 3.77. The summed E-state index contributed by atoms with van der Waals surface area (Å²) in [5.41, 5.74) is -1.64. The van der Waals surface area contributed by atoms with E-state index in [1.807, 2.05) is 0 Å². The van der Waals surface area contributed by atoms with Crippen LogP contribution < -0.4 is 4.74 Å². The Hall–Kier alpha value is -3.23. The molecule has 0 atom stereocenters. The maximum Gasteiger partial charge on any atom is 0.419 e. The first kappa shape index (κ1) is 18.6. The molecule has 0 radical (unpaired) electrons. The Kier molecular flexibility index (Phi) is 4.69. The monoisotopic (exact) mass is 382 g/mol. The second-order valence-electron chi connectivity index (χ2n) is 5.46. The Morgan fingerprint density at radius 1 is 1.04 bits per heavy atom. The van der Waals surface area contributed by atoms with E-state index in [2.05, 4.69) is 9.98 Å². The van der Waals surface area contributed by atoms with Crippen LogP contribution in [0.15, 0.2) is 40.1 Å². The molecule has 2 aromatic carbocycles. The first-order valence-corrected chi connectivity index (χ1v) is 7.47. The average molecular weight is 382 g/mol. The van der Waals surface area contributed by atoms with Gasteiger partial charge in [-0.15, -0.1) is 0 Å². The molecule has 3 rings (SSSR count). The van der Waals surface area contributed by atoms with Gasteiger partial charge in [0.1, 0.15) is 5.82 Å². The van der Waals surface area contributed by atoms with Gasteiger partial charge in [-0.25, -0.2) is 18.8 Å². The third kappa shape index (κ3) is 3.53. The largest absolute Gasteiger partial charge is 0.502 e. The van der Waals surface area contributed by atoms with Crippen LogP contribution in [0.1, 0.15) is 11.1 Å². The Bertz CT molecular complexity index is 980. The number of halogens is 5. The average Bonchev–Trinajstić information content (AvgIpc) is 3.10. The fourth-order valence-corrected chi connectivity index (χ4v) is 2.61. The number of phenolic OH excluding ortho intramolecular Hbond substituents is 1. The second-order valence-corrected chi connectivity index (χ2v) is 5.46. The quantitative estimate of drug-likeness (QED) is 0.774. The molecule has 0 spiro atoms. The van der Waals surface area contributed by atoms with Crippen molar-refractivity contribution in [2.45, 2.75) is 6.18 Å². The summed E-state index contributed by atoms with van der Waals surface area (Å²) in [7, 11) is 1.12. The van der Waals surface area contributed by atoms with E-state index in [9.17, 15) is 27.1 Å². The Labute approximate surface area is 150 Å². The van der Waals surface area contributed by atoms with Crippen molar-refractivity contribution in [1.82, 2.24) is 0 Å². The highest BCUT2D eigenvalue weighted by Crippen LogP contribution is 2.44. The van der Waals surface area contributed by atoms with Gasteiger partial charge in [0.15, 0.2) is 23.1 Å². The predicted octanol–water partition coefficient (Wildman–Crippen LogP) is 4.82. The van der Waals surface area contributed by atoms with Gasteiger partial charge in [-0.2, -0.15) is 13.2 Å². The van der Waals surface area contributed by atoms with Crippen LogP contribution >= 0.6 is 0 Å². The molecule has 1 aliphatic heterocycles.